The molecule has 2 amide bonds. The quantitative estimate of drug-likeness (QED) is 0.826. The van der Waals surface area contributed by atoms with Crippen LogP contribution < -0.4 is 10.5 Å². The predicted octanol–water partition coefficient (Wildman–Crippen LogP) is 2.04. The monoisotopic (exact) mass is 385 g/mol. The van der Waals surface area contributed by atoms with Crippen LogP contribution in [0.15, 0.2) is 48.5 Å². The van der Waals surface area contributed by atoms with Gasteiger partial charge in [-0.25, -0.2) is 4.39 Å². The number of carbonyl (C=O) groups is 2. The highest BCUT2D eigenvalue weighted by Crippen LogP contribution is 2.21. The van der Waals surface area contributed by atoms with Crippen LogP contribution in [-0.2, 0) is 11.3 Å². The molecule has 0 spiro atoms. The molecule has 2 N–H and O–H groups in total. The van der Waals surface area contributed by atoms with Crippen LogP contribution in [-0.4, -0.2) is 54.4 Å². The Morgan fingerprint density at radius 3 is 2.50 bits per heavy atom. The third kappa shape index (κ3) is 5.29. The normalized spacial score (nSPS) is 15.1. The van der Waals surface area contributed by atoms with Crippen LogP contribution >= 0.6 is 0 Å². The van der Waals surface area contributed by atoms with E-state index < -0.39 is 5.91 Å². The lowest BCUT2D eigenvalue weighted by Crippen LogP contribution is -2.35. The number of para-hydroxylation sites is 1. The molecule has 2 aromatic rings. The van der Waals surface area contributed by atoms with Crippen LogP contribution in [0, 0.1) is 5.82 Å². The van der Waals surface area contributed by atoms with Crippen molar-refractivity contribution >= 4 is 11.8 Å². The fourth-order valence-electron chi connectivity index (χ4n) is 3.27. The molecule has 6 nitrogen and oxygen atoms in total. The minimum atomic E-state index is -0.589. The molecule has 0 atom stereocenters. The summed E-state index contributed by atoms with van der Waals surface area (Å²) in [6.45, 7) is 3.28. The highest BCUT2D eigenvalue weighted by Gasteiger charge is 2.23. The number of hydrogen-bond acceptors (Lipinski definition) is 4. The molecule has 28 heavy (non-hydrogen) atoms. The summed E-state index contributed by atoms with van der Waals surface area (Å²) in [5.74, 6) is -0.593. The third-order valence-electron chi connectivity index (χ3n) is 4.68. The highest BCUT2D eigenvalue weighted by atomic mass is 19.1. The molecule has 0 aromatic heterocycles. The SMILES string of the molecule is NC(=O)COc1ccccc1C(=O)N1CCCN(Cc2ccc(F)cc2)CC1. The number of hydrogen-bond donors (Lipinski definition) is 1. The second-order valence-corrected chi connectivity index (χ2v) is 6.80. The first-order valence-corrected chi connectivity index (χ1v) is 9.29. The summed E-state index contributed by atoms with van der Waals surface area (Å²) in [7, 11) is 0. The average molecular weight is 385 g/mol. The van der Waals surface area contributed by atoms with Gasteiger partial charge in [-0.3, -0.25) is 14.5 Å². The molecule has 2 aromatic carbocycles. The van der Waals surface area contributed by atoms with Gasteiger partial charge in [0.1, 0.15) is 11.6 Å². The molecule has 1 heterocycles. The summed E-state index contributed by atoms with van der Waals surface area (Å²) in [4.78, 5) is 28.0. The van der Waals surface area contributed by atoms with Gasteiger partial charge in [-0.05, 0) is 36.2 Å². The topological polar surface area (TPSA) is 75.9 Å². The Bertz CT molecular complexity index is 826. The van der Waals surface area contributed by atoms with E-state index in [0.29, 0.717) is 24.4 Å². The van der Waals surface area contributed by atoms with Gasteiger partial charge >= 0.3 is 0 Å². The Balaban J connectivity index is 1.63. The zero-order valence-electron chi connectivity index (χ0n) is 15.6. The summed E-state index contributed by atoms with van der Waals surface area (Å²) in [5, 5.41) is 0. The van der Waals surface area contributed by atoms with Crippen molar-refractivity contribution in [2.45, 2.75) is 13.0 Å². The Morgan fingerprint density at radius 1 is 1.00 bits per heavy atom. The van der Waals surface area contributed by atoms with Crippen molar-refractivity contribution in [3.63, 3.8) is 0 Å². The summed E-state index contributed by atoms with van der Waals surface area (Å²) >= 11 is 0. The molecule has 0 unspecified atom stereocenters. The molecule has 3 rings (SSSR count). The first-order chi connectivity index (χ1) is 13.5. The van der Waals surface area contributed by atoms with Gasteiger partial charge in [0.2, 0.25) is 0 Å². The van der Waals surface area contributed by atoms with Crippen LogP contribution in [0.1, 0.15) is 22.3 Å². The lowest BCUT2D eigenvalue weighted by molar-refractivity contribution is -0.119. The number of ether oxygens (including phenoxy) is 1. The van der Waals surface area contributed by atoms with Crippen molar-refractivity contribution in [3.05, 3.63) is 65.5 Å². The number of rotatable bonds is 6. The van der Waals surface area contributed by atoms with Gasteiger partial charge < -0.3 is 15.4 Å². The average Bonchev–Trinajstić information content (AvgIpc) is 2.93. The van der Waals surface area contributed by atoms with Crippen molar-refractivity contribution in [2.24, 2.45) is 5.73 Å². The number of nitrogens with zero attached hydrogens (tertiary/aromatic N) is 2. The van der Waals surface area contributed by atoms with Gasteiger partial charge in [-0.15, -0.1) is 0 Å². The first-order valence-electron chi connectivity index (χ1n) is 9.29. The van der Waals surface area contributed by atoms with Gasteiger partial charge in [0.15, 0.2) is 6.61 Å². The van der Waals surface area contributed by atoms with Crippen LogP contribution in [0.25, 0.3) is 0 Å². The summed E-state index contributed by atoms with van der Waals surface area (Å²) in [5.41, 5.74) is 6.61. The molecule has 1 fully saturated rings. The van der Waals surface area contributed by atoms with E-state index in [-0.39, 0.29) is 18.3 Å². The van der Waals surface area contributed by atoms with Crippen molar-refractivity contribution < 1.29 is 18.7 Å². The summed E-state index contributed by atoms with van der Waals surface area (Å²) in [6.07, 6.45) is 0.844. The lowest BCUT2D eigenvalue weighted by Gasteiger charge is -2.23. The zero-order chi connectivity index (χ0) is 19.9. The summed E-state index contributed by atoms with van der Waals surface area (Å²) < 4.78 is 18.5. The van der Waals surface area contributed by atoms with E-state index in [0.717, 1.165) is 31.6 Å². The molecule has 0 saturated carbocycles. The first kappa shape index (κ1) is 19.8. The lowest BCUT2D eigenvalue weighted by atomic mass is 10.1. The number of primary amides is 1. The second-order valence-electron chi connectivity index (χ2n) is 6.80. The van der Waals surface area contributed by atoms with Crippen molar-refractivity contribution in [2.75, 3.05) is 32.8 Å². The van der Waals surface area contributed by atoms with E-state index in [1.54, 1.807) is 41.3 Å². The predicted molar refractivity (Wildman–Crippen MR) is 103 cm³/mol. The molecule has 0 aliphatic carbocycles. The van der Waals surface area contributed by atoms with Crippen molar-refractivity contribution in [3.8, 4) is 5.75 Å². The molecular weight excluding hydrogens is 361 g/mol. The Labute approximate surface area is 163 Å². The van der Waals surface area contributed by atoms with Crippen LogP contribution in [0.2, 0.25) is 0 Å². The molecular formula is C21H24FN3O3. The van der Waals surface area contributed by atoms with Crippen molar-refractivity contribution in [1.82, 2.24) is 9.80 Å². The van der Waals surface area contributed by atoms with E-state index in [4.69, 9.17) is 10.5 Å². The molecule has 1 aliphatic rings. The molecule has 0 bridgehead atoms. The van der Waals surface area contributed by atoms with E-state index in [1.165, 1.54) is 12.1 Å². The molecule has 1 aliphatic heterocycles. The molecule has 0 radical (unpaired) electrons. The van der Waals surface area contributed by atoms with E-state index in [2.05, 4.69) is 4.90 Å². The van der Waals surface area contributed by atoms with Gasteiger partial charge in [-0.2, -0.15) is 0 Å². The molecule has 7 heteroatoms. The van der Waals surface area contributed by atoms with E-state index >= 15 is 0 Å². The van der Waals surface area contributed by atoms with Crippen LogP contribution in [0.5, 0.6) is 5.75 Å². The maximum absolute atomic E-state index is 13.1. The fourth-order valence-corrected chi connectivity index (χ4v) is 3.27. The van der Waals surface area contributed by atoms with Crippen LogP contribution in [0.4, 0.5) is 4.39 Å². The Hall–Kier alpha value is -2.93. The molecule has 148 valence electrons. The largest absolute Gasteiger partial charge is 0.483 e. The number of benzene rings is 2. The Morgan fingerprint density at radius 2 is 1.75 bits per heavy atom. The van der Waals surface area contributed by atoms with Gasteiger partial charge in [0.05, 0.1) is 5.56 Å². The number of halogens is 1. The smallest absolute Gasteiger partial charge is 0.257 e. The van der Waals surface area contributed by atoms with Gasteiger partial charge in [0, 0.05) is 32.7 Å². The maximum atomic E-state index is 13.1. The van der Waals surface area contributed by atoms with Crippen LogP contribution in [0.3, 0.4) is 0 Å². The van der Waals surface area contributed by atoms with Gasteiger partial charge in [0.25, 0.3) is 11.8 Å². The molecule has 1 saturated heterocycles. The summed E-state index contributed by atoms with van der Waals surface area (Å²) in [6, 6.07) is 13.4. The zero-order valence-corrected chi connectivity index (χ0v) is 15.6. The van der Waals surface area contributed by atoms with E-state index in [9.17, 15) is 14.0 Å². The number of carbonyl (C=O) groups excluding carboxylic acids is 2. The second kappa shape index (κ2) is 9.32. The third-order valence-corrected chi connectivity index (χ3v) is 4.68. The minimum Gasteiger partial charge on any atom is -0.483 e. The minimum absolute atomic E-state index is 0.122. The van der Waals surface area contributed by atoms with Crippen molar-refractivity contribution in [1.29, 1.82) is 0 Å². The van der Waals surface area contributed by atoms with Gasteiger partial charge in [-0.1, -0.05) is 24.3 Å². The standard InChI is InChI=1S/C21H24FN3O3/c22-17-8-6-16(7-9-17)14-24-10-3-11-25(13-12-24)21(27)18-4-1-2-5-19(18)28-15-20(23)26/h1-2,4-9H,3,10-15H2,(H2,23,26). The number of nitrogens with two attached hydrogens (primary N) is 1. The maximum Gasteiger partial charge on any atom is 0.257 e. The van der Waals surface area contributed by atoms with E-state index in [1.807, 2.05) is 0 Å². The highest BCUT2D eigenvalue weighted by molar-refractivity contribution is 5.97. The Kier molecular flexibility index (Phi) is 6.60. The fraction of sp³-hybridized carbons (Fsp3) is 0.333. The number of amides is 2.